The zero-order valence-corrected chi connectivity index (χ0v) is 14.4. The number of carbonyl (C=O) groups is 1. The third-order valence-corrected chi connectivity index (χ3v) is 6.05. The summed E-state index contributed by atoms with van der Waals surface area (Å²) in [6.45, 7) is 0. The molecule has 1 aliphatic heterocycles. The minimum absolute atomic E-state index is 0.0135. The van der Waals surface area contributed by atoms with Crippen molar-refractivity contribution >= 4 is 21.4 Å². The molecule has 2 aromatic carbocycles. The maximum atomic E-state index is 12.8. The lowest BCUT2D eigenvalue weighted by Crippen LogP contribution is -2.23. The van der Waals surface area contributed by atoms with E-state index in [-0.39, 0.29) is 17.4 Å². The molecule has 8 heteroatoms. The normalized spacial score (nSPS) is 19.3. The molecule has 0 saturated carbocycles. The average molecular weight is 383 g/mol. The highest BCUT2D eigenvalue weighted by Crippen LogP contribution is 2.32. The Bertz CT molecular complexity index is 921. The van der Waals surface area contributed by atoms with E-state index in [0.29, 0.717) is 23.2 Å². The molecule has 26 heavy (non-hydrogen) atoms. The summed E-state index contributed by atoms with van der Waals surface area (Å²) < 4.78 is 61.3. The summed E-state index contributed by atoms with van der Waals surface area (Å²) in [7, 11) is -3.14. The maximum Gasteiger partial charge on any atom is 0.416 e. The van der Waals surface area contributed by atoms with Crippen LogP contribution in [0.15, 0.2) is 48.5 Å². The van der Waals surface area contributed by atoms with E-state index in [2.05, 4.69) is 5.32 Å². The van der Waals surface area contributed by atoms with Gasteiger partial charge < -0.3 is 5.32 Å². The molecule has 0 spiro atoms. The molecule has 1 aliphatic rings. The van der Waals surface area contributed by atoms with Crippen molar-refractivity contribution in [1.29, 1.82) is 0 Å². The molecule has 0 aromatic heterocycles. The molecule has 0 radical (unpaired) electrons. The Kier molecular flexibility index (Phi) is 4.79. The van der Waals surface area contributed by atoms with E-state index in [1.165, 1.54) is 6.07 Å². The Balaban J connectivity index is 1.72. The minimum atomic E-state index is -4.41. The van der Waals surface area contributed by atoms with E-state index in [1.54, 1.807) is 30.3 Å². The van der Waals surface area contributed by atoms with Gasteiger partial charge in [0.25, 0.3) is 0 Å². The molecule has 3 rings (SSSR count). The maximum absolute atomic E-state index is 12.8. The number of rotatable bonds is 3. The van der Waals surface area contributed by atoms with Crippen LogP contribution in [0.25, 0.3) is 11.1 Å². The molecule has 1 heterocycles. The molecule has 1 unspecified atom stereocenters. The number of halogens is 3. The van der Waals surface area contributed by atoms with Gasteiger partial charge >= 0.3 is 6.18 Å². The Morgan fingerprint density at radius 3 is 2.31 bits per heavy atom. The summed E-state index contributed by atoms with van der Waals surface area (Å²) in [5.41, 5.74) is 0.738. The van der Waals surface area contributed by atoms with Crippen LogP contribution in [0.1, 0.15) is 12.0 Å². The zero-order valence-electron chi connectivity index (χ0n) is 13.6. The third-order valence-electron chi connectivity index (χ3n) is 4.28. The van der Waals surface area contributed by atoms with E-state index in [9.17, 15) is 26.4 Å². The lowest BCUT2D eigenvalue weighted by Gasteiger charge is -2.11. The molecule has 1 saturated heterocycles. The number of sulfone groups is 1. The van der Waals surface area contributed by atoms with Crippen LogP contribution in [0.2, 0.25) is 0 Å². The molecular formula is C18H16F3NO3S. The second-order valence-electron chi connectivity index (χ2n) is 6.25. The van der Waals surface area contributed by atoms with Gasteiger partial charge in [0, 0.05) is 5.69 Å². The second kappa shape index (κ2) is 6.75. The summed E-state index contributed by atoms with van der Waals surface area (Å²) in [6, 6.07) is 11.4. The molecule has 138 valence electrons. The highest BCUT2D eigenvalue weighted by molar-refractivity contribution is 7.91. The van der Waals surface area contributed by atoms with Crippen LogP contribution in [0.5, 0.6) is 0 Å². The fraction of sp³-hybridized carbons (Fsp3) is 0.278. The van der Waals surface area contributed by atoms with Crippen LogP contribution in [-0.2, 0) is 20.8 Å². The molecule has 4 nitrogen and oxygen atoms in total. The van der Waals surface area contributed by atoms with Crippen molar-refractivity contribution < 1.29 is 26.4 Å². The molecule has 1 amide bonds. The number of nitrogens with one attached hydrogen (secondary N) is 1. The molecule has 0 bridgehead atoms. The summed E-state index contributed by atoms with van der Waals surface area (Å²) >= 11 is 0. The monoisotopic (exact) mass is 383 g/mol. The van der Waals surface area contributed by atoms with Gasteiger partial charge in [-0.2, -0.15) is 13.2 Å². The van der Waals surface area contributed by atoms with Gasteiger partial charge in [0.2, 0.25) is 5.91 Å². The minimum Gasteiger partial charge on any atom is -0.326 e. The van der Waals surface area contributed by atoms with Gasteiger partial charge in [-0.15, -0.1) is 0 Å². The quantitative estimate of drug-likeness (QED) is 0.878. The highest BCUT2D eigenvalue weighted by atomic mass is 32.2. The van der Waals surface area contributed by atoms with Gasteiger partial charge in [0.05, 0.1) is 23.0 Å². The van der Waals surface area contributed by atoms with Gasteiger partial charge in [0.15, 0.2) is 9.84 Å². The average Bonchev–Trinajstić information content (AvgIpc) is 2.95. The predicted molar refractivity (Wildman–Crippen MR) is 92.3 cm³/mol. The SMILES string of the molecule is O=C(Nc1ccc(-c2cccc(C(F)(F)F)c2)cc1)C1CCS(=O)(=O)C1. The van der Waals surface area contributed by atoms with Crippen molar-refractivity contribution in [1.82, 2.24) is 0 Å². The van der Waals surface area contributed by atoms with Crippen LogP contribution in [0.3, 0.4) is 0 Å². The second-order valence-corrected chi connectivity index (χ2v) is 8.47. The summed E-state index contributed by atoms with van der Waals surface area (Å²) in [5, 5.41) is 2.65. The largest absolute Gasteiger partial charge is 0.416 e. The Labute approximate surface area is 149 Å². The van der Waals surface area contributed by atoms with E-state index < -0.39 is 27.5 Å². The third kappa shape index (κ3) is 4.24. The first-order valence-corrected chi connectivity index (χ1v) is 9.75. The summed E-state index contributed by atoms with van der Waals surface area (Å²) in [4.78, 5) is 12.1. The summed E-state index contributed by atoms with van der Waals surface area (Å²) in [5.74, 6) is -1.07. The lowest BCUT2D eigenvalue weighted by atomic mass is 10.0. The topological polar surface area (TPSA) is 63.2 Å². The van der Waals surface area contributed by atoms with E-state index in [0.717, 1.165) is 12.1 Å². The van der Waals surface area contributed by atoms with Crippen molar-refractivity contribution in [2.75, 3.05) is 16.8 Å². The van der Waals surface area contributed by atoms with Gasteiger partial charge in [-0.05, 0) is 41.8 Å². The number of anilines is 1. The first-order chi connectivity index (χ1) is 12.1. The van der Waals surface area contributed by atoms with Gasteiger partial charge in [-0.25, -0.2) is 8.42 Å². The van der Waals surface area contributed by atoms with Gasteiger partial charge in [-0.3, -0.25) is 4.79 Å². The molecule has 1 atom stereocenters. The molecule has 2 aromatic rings. The van der Waals surface area contributed by atoms with Crippen molar-refractivity contribution in [2.45, 2.75) is 12.6 Å². The number of alkyl halides is 3. The van der Waals surface area contributed by atoms with Crippen molar-refractivity contribution in [3.63, 3.8) is 0 Å². The Morgan fingerprint density at radius 2 is 1.73 bits per heavy atom. The smallest absolute Gasteiger partial charge is 0.326 e. The number of hydrogen-bond acceptors (Lipinski definition) is 3. The van der Waals surface area contributed by atoms with Crippen molar-refractivity contribution in [2.24, 2.45) is 5.92 Å². The summed E-state index contributed by atoms with van der Waals surface area (Å²) in [6.07, 6.45) is -4.11. The van der Waals surface area contributed by atoms with Gasteiger partial charge in [-0.1, -0.05) is 24.3 Å². The van der Waals surface area contributed by atoms with Crippen LogP contribution in [0, 0.1) is 5.92 Å². The van der Waals surface area contributed by atoms with E-state index in [4.69, 9.17) is 0 Å². The Morgan fingerprint density at radius 1 is 1.04 bits per heavy atom. The van der Waals surface area contributed by atoms with Gasteiger partial charge in [0.1, 0.15) is 0 Å². The first-order valence-electron chi connectivity index (χ1n) is 7.93. The molecule has 0 aliphatic carbocycles. The first kappa shape index (κ1) is 18.4. The number of amides is 1. The number of carbonyl (C=O) groups excluding carboxylic acids is 1. The number of hydrogen-bond donors (Lipinski definition) is 1. The van der Waals surface area contributed by atoms with Crippen LogP contribution in [0.4, 0.5) is 18.9 Å². The molecular weight excluding hydrogens is 367 g/mol. The molecule has 1 N–H and O–H groups in total. The van der Waals surface area contributed by atoms with E-state index in [1.807, 2.05) is 0 Å². The number of benzene rings is 2. The highest BCUT2D eigenvalue weighted by Gasteiger charge is 2.33. The Hall–Kier alpha value is -2.35. The van der Waals surface area contributed by atoms with E-state index >= 15 is 0 Å². The van der Waals surface area contributed by atoms with Crippen molar-refractivity contribution in [3.05, 3.63) is 54.1 Å². The van der Waals surface area contributed by atoms with Crippen molar-refractivity contribution in [3.8, 4) is 11.1 Å². The van der Waals surface area contributed by atoms with Crippen LogP contribution < -0.4 is 5.32 Å². The fourth-order valence-corrected chi connectivity index (χ4v) is 4.61. The van der Waals surface area contributed by atoms with Crippen LogP contribution in [-0.4, -0.2) is 25.8 Å². The fourth-order valence-electron chi connectivity index (χ4n) is 2.87. The lowest BCUT2D eigenvalue weighted by molar-refractivity contribution is -0.137. The predicted octanol–water partition coefficient (Wildman–Crippen LogP) is 3.75. The van der Waals surface area contributed by atoms with Crippen LogP contribution >= 0.6 is 0 Å². The zero-order chi connectivity index (χ0) is 18.9. The molecule has 1 fully saturated rings. The standard InChI is InChI=1S/C18H16F3NO3S/c19-18(20,21)15-3-1-2-13(10-15)12-4-6-16(7-5-12)22-17(23)14-8-9-26(24,25)11-14/h1-7,10,14H,8-9,11H2,(H,22,23).